The van der Waals surface area contributed by atoms with Gasteiger partial charge in [-0.05, 0) is 34.7 Å². The van der Waals surface area contributed by atoms with Gasteiger partial charge in [0.05, 0.1) is 18.8 Å². The van der Waals surface area contributed by atoms with Crippen molar-refractivity contribution in [2.45, 2.75) is 0 Å². The van der Waals surface area contributed by atoms with E-state index in [2.05, 4.69) is 4.98 Å². The summed E-state index contributed by atoms with van der Waals surface area (Å²) < 4.78 is 5.41. The predicted molar refractivity (Wildman–Crippen MR) is 47.8 cm³/mol. The van der Waals surface area contributed by atoms with E-state index in [9.17, 15) is 9.90 Å². The van der Waals surface area contributed by atoms with Crippen molar-refractivity contribution in [1.29, 1.82) is 0 Å². The highest BCUT2D eigenvalue weighted by Crippen LogP contribution is 2.17. The third kappa shape index (κ3) is 1.84. The zero-order chi connectivity index (χ0) is 9.14. The molecule has 1 aromatic heterocycles. The van der Waals surface area contributed by atoms with Gasteiger partial charge >= 0.3 is 0 Å². The van der Waals surface area contributed by atoms with Crippen LogP contribution in [0.3, 0.4) is 0 Å². The number of methoxy groups -OCH3 is 1. The van der Waals surface area contributed by atoms with Crippen LogP contribution in [0.1, 0.15) is 10.5 Å². The first kappa shape index (κ1) is 9.24. The highest BCUT2D eigenvalue weighted by atomic mass is 127. The number of nitrogens with zero attached hydrogens (tertiary/aromatic N) is 1. The topological polar surface area (TPSA) is 62.2 Å². The minimum atomic E-state index is -1.28. The van der Waals surface area contributed by atoms with Crippen molar-refractivity contribution in [3.05, 3.63) is 21.5 Å². The van der Waals surface area contributed by atoms with Gasteiger partial charge in [-0.25, -0.2) is 4.98 Å². The Morgan fingerprint density at radius 3 is 2.75 bits per heavy atom. The number of pyridine rings is 1. The van der Waals surface area contributed by atoms with Crippen molar-refractivity contribution in [3.8, 4) is 5.75 Å². The van der Waals surface area contributed by atoms with Crippen LogP contribution < -0.4 is 9.84 Å². The second-order valence-electron chi connectivity index (χ2n) is 1.98. The van der Waals surface area contributed by atoms with Gasteiger partial charge in [0.1, 0.15) is 3.70 Å². The Bertz CT molecular complexity index is 314. The molecule has 0 bridgehead atoms. The van der Waals surface area contributed by atoms with Crippen molar-refractivity contribution in [2.75, 3.05) is 7.11 Å². The number of aromatic nitrogens is 1. The average molecular weight is 278 g/mol. The summed E-state index contributed by atoms with van der Waals surface area (Å²) in [5.41, 5.74) is -0.0831. The summed E-state index contributed by atoms with van der Waals surface area (Å²) in [6, 6.07) is 2.89. The Labute approximate surface area is 82.7 Å². The molecular weight excluding hydrogens is 273 g/mol. The maximum Gasteiger partial charge on any atom is 0.150 e. The van der Waals surface area contributed by atoms with Gasteiger partial charge in [-0.1, -0.05) is 0 Å². The molecular formula is C7H5INO3-. The molecule has 0 aromatic carbocycles. The van der Waals surface area contributed by atoms with Crippen LogP contribution in [-0.2, 0) is 0 Å². The highest BCUT2D eigenvalue weighted by Gasteiger charge is 2.02. The first-order valence-corrected chi connectivity index (χ1v) is 4.15. The normalized spacial score (nSPS) is 9.50. The zero-order valence-corrected chi connectivity index (χ0v) is 8.36. The first-order valence-electron chi connectivity index (χ1n) is 3.07. The number of carboxylic acid groups (broad SMARTS) is 1. The van der Waals surface area contributed by atoms with Gasteiger partial charge in [0.25, 0.3) is 0 Å². The van der Waals surface area contributed by atoms with Gasteiger partial charge in [-0.3, -0.25) is 0 Å². The van der Waals surface area contributed by atoms with E-state index in [1.54, 1.807) is 6.07 Å². The number of hydrogen-bond acceptors (Lipinski definition) is 4. The largest absolute Gasteiger partial charge is 0.543 e. The summed E-state index contributed by atoms with van der Waals surface area (Å²) in [4.78, 5) is 14.1. The molecule has 1 heterocycles. The van der Waals surface area contributed by atoms with Crippen LogP contribution in [0.4, 0.5) is 0 Å². The molecule has 0 unspecified atom stereocenters. The molecule has 12 heavy (non-hydrogen) atoms. The molecule has 0 aliphatic heterocycles. The van der Waals surface area contributed by atoms with Crippen molar-refractivity contribution in [2.24, 2.45) is 0 Å². The predicted octanol–water partition coefficient (Wildman–Crippen LogP) is 0.0583. The number of aromatic carboxylic acids is 1. The van der Waals surface area contributed by atoms with Crippen LogP contribution in [0, 0.1) is 3.70 Å². The van der Waals surface area contributed by atoms with Gasteiger partial charge in [-0.2, -0.15) is 0 Å². The van der Waals surface area contributed by atoms with Gasteiger partial charge < -0.3 is 14.6 Å². The number of carbonyl (C=O) groups excluding carboxylic acids is 1. The fourth-order valence-corrected chi connectivity index (χ4v) is 1.35. The Kier molecular flexibility index (Phi) is 2.85. The van der Waals surface area contributed by atoms with E-state index < -0.39 is 5.97 Å². The number of hydrogen-bond donors (Lipinski definition) is 0. The van der Waals surface area contributed by atoms with Crippen LogP contribution in [-0.4, -0.2) is 18.1 Å². The first-order chi connectivity index (χ1) is 5.65. The van der Waals surface area contributed by atoms with E-state index >= 15 is 0 Å². The highest BCUT2D eigenvalue weighted by molar-refractivity contribution is 14.1. The monoisotopic (exact) mass is 278 g/mol. The molecule has 4 nitrogen and oxygen atoms in total. The van der Waals surface area contributed by atoms with Gasteiger partial charge in [-0.15, -0.1) is 0 Å². The lowest BCUT2D eigenvalue weighted by Crippen LogP contribution is -2.23. The van der Waals surface area contributed by atoms with Gasteiger partial charge in [0, 0.05) is 0 Å². The molecule has 0 spiro atoms. The lowest BCUT2D eigenvalue weighted by atomic mass is 10.3. The third-order valence-electron chi connectivity index (χ3n) is 1.24. The Morgan fingerprint density at radius 1 is 1.67 bits per heavy atom. The standard InChI is InChI=1S/C7H6INO3/c1-12-5-3-2-4(7(10)11)9-6(5)8/h2-3H,1H3,(H,10,11)/p-1. The van der Waals surface area contributed by atoms with E-state index in [0.717, 1.165) is 0 Å². The number of carbonyl (C=O) groups is 1. The van der Waals surface area contributed by atoms with Crippen LogP contribution in [0.25, 0.3) is 0 Å². The quantitative estimate of drug-likeness (QED) is 0.567. The molecule has 0 amide bonds. The molecule has 0 saturated heterocycles. The second-order valence-corrected chi connectivity index (χ2v) is 3.00. The van der Waals surface area contributed by atoms with Crippen molar-refractivity contribution < 1.29 is 14.6 Å². The summed E-state index contributed by atoms with van der Waals surface area (Å²) in [5, 5.41) is 10.3. The van der Waals surface area contributed by atoms with Crippen molar-refractivity contribution in [3.63, 3.8) is 0 Å². The molecule has 0 fully saturated rings. The summed E-state index contributed by atoms with van der Waals surface area (Å²) in [6.07, 6.45) is 0. The van der Waals surface area contributed by atoms with E-state index in [0.29, 0.717) is 9.45 Å². The molecule has 0 atom stereocenters. The number of rotatable bonds is 2. The van der Waals surface area contributed by atoms with Gasteiger partial charge in [0.2, 0.25) is 0 Å². The molecule has 0 aliphatic rings. The molecule has 64 valence electrons. The Balaban J connectivity index is 3.10. The SMILES string of the molecule is COc1ccc(C(=O)[O-])nc1I. The van der Waals surface area contributed by atoms with Crippen LogP contribution in [0.2, 0.25) is 0 Å². The van der Waals surface area contributed by atoms with Gasteiger partial charge in [0.15, 0.2) is 5.75 Å². The fourth-order valence-electron chi connectivity index (χ4n) is 0.687. The second kappa shape index (κ2) is 3.70. The third-order valence-corrected chi connectivity index (χ3v) is 2.02. The Hall–Kier alpha value is -0.850. The molecule has 0 aliphatic carbocycles. The zero-order valence-electron chi connectivity index (χ0n) is 6.20. The van der Waals surface area contributed by atoms with E-state index in [1.807, 2.05) is 22.6 Å². The number of halogens is 1. The summed E-state index contributed by atoms with van der Waals surface area (Å²) >= 11 is 1.89. The van der Waals surface area contributed by atoms with E-state index in [1.165, 1.54) is 13.2 Å². The van der Waals surface area contributed by atoms with E-state index in [-0.39, 0.29) is 5.69 Å². The molecule has 1 aromatic rings. The Morgan fingerprint density at radius 2 is 2.33 bits per heavy atom. The molecule has 0 radical (unpaired) electrons. The molecule has 1 rings (SSSR count). The van der Waals surface area contributed by atoms with E-state index in [4.69, 9.17) is 4.74 Å². The lowest BCUT2D eigenvalue weighted by molar-refractivity contribution is -0.255. The smallest absolute Gasteiger partial charge is 0.150 e. The maximum absolute atomic E-state index is 10.3. The average Bonchev–Trinajstić information content (AvgIpc) is 2.04. The molecule has 0 saturated carbocycles. The minimum Gasteiger partial charge on any atom is -0.543 e. The number of carboxylic acids is 1. The summed E-state index contributed by atoms with van der Waals surface area (Å²) in [6.45, 7) is 0. The minimum absolute atomic E-state index is 0.0831. The van der Waals surface area contributed by atoms with Crippen molar-refractivity contribution >= 4 is 28.6 Å². The fraction of sp³-hybridized carbons (Fsp3) is 0.143. The summed E-state index contributed by atoms with van der Waals surface area (Å²) in [5.74, 6) is -0.726. The lowest BCUT2D eigenvalue weighted by Gasteiger charge is -2.05. The molecule has 0 N–H and O–H groups in total. The maximum atomic E-state index is 10.3. The molecule has 5 heteroatoms. The van der Waals surface area contributed by atoms with Crippen LogP contribution in [0.15, 0.2) is 12.1 Å². The number of ether oxygens (including phenoxy) is 1. The summed E-state index contributed by atoms with van der Waals surface area (Å²) in [7, 11) is 1.50. The van der Waals surface area contributed by atoms with Crippen LogP contribution >= 0.6 is 22.6 Å². The van der Waals surface area contributed by atoms with Crippen LogP contribution in [0.5, 0.6) is 5.75 Å². The van der Waals surface area contributed by atoms with Crippen molar-refractivity contribution in [1.82, 2.24) is 4.98 Å².